The molecular formula is C16H8N2O4Pd. The van der Waals surface area contributed by atoms with E-state index in [2.05, 4.69) is 9.98 Å². The monoisotopic (exact) mass is 398 g/mol. The molecule has 23 heavy (non-hydrogen) atoms. The Morgan fingerprint density at radius 3 is 1.22 bits per heavy atom. The minimum atomic E-state index is -0.425. The standard InChI is InChI=1S/2C8H5NO2.Pd/c2*10-7-5-3-1-2-4-6(5)8(11)9-7;/h2*1-4H,(H,9,10,11);/q;;+2/p-2. The van der Waals surface area contributed by atoms with Crippen molar-refractivity contribution in [3.8, 4) is 0 Å². The van der Waals surface area contributed by atoms with Crippen molar-refractivity contribution in [3.05, 3.63) is 70.8 Å². The number of benzene rings is 2. The van der Waals surface area contributed by atoms with Crippen LogP contribution in [0.4, 0.5) is 0 Å². The molecule has 2 aliphatic heterocycles. The summed E-state index contributed by atoms with van der Waals surface area (Å²) in [4.78, 5) is 28.3. The van der Waals surface area contributed by atoms with E-state index in [1.807, 2.05) is 0 Å². The molecule has 0 saturated carbocycles. The molecule has 0 aliphatic carbocycles. The molecule has 0 N–H and O–H groups in total. The number of nitrogens with zero attached hydrogens (tertiary/aromatic N) is 2. The van der Waals surface area contributed by atoms with Gasteiger partial charge in [-0.2, -0.15) is 0 Å². The van der Waals surface area contributed by atoms with Gasteiger partial charge in [-0.25, -0.2) is 9.98 Å². The third kappa shape index (κ3) is 3.11. The van der Waals surface area contributed by atoms with Gasteiger partial charge in [-0.05, 0) is 35.1 Å². The zero-order valence-electron chi connectivity index (χ0n) is 11.5. The first-order valence-corrected chi connectivity index (χ1v) is 6.37. The topological polar surface area (TPSA) is 105 Å². The van der Waals surface area contributed by atoms with Crippen LogP contribution in [0.1, 0.15) is 31.8 Å². The van der Waals surface area contributed by atoms with E-state index in [9.17, 15) is 19.8 Å². The van der Waals surface area contributed by atoms with Crippen molar-refractivity contribution in [1.82, 2.24) is 0 Å². The zero-order chi connectivity index (χ0) is 15.7. The minimum Gasteiger partial charge on any atom is -0.858 e. The number of hydrogen-bond acceptors (Lipinski definition) is 4. The Bertz CT molecular complexity index is 787. The SMILES string of the molecule is O=C1N=C([O-])c2ccccc21.O=C1N=C([O-])c2ccccc21.[Pd+2]. The van der Waals surface area contributed by atoms with Crippen molar-refractivity contribution in [1.29, 1.82) is 0 Å². The summed E-state index contributed by atoms with van der Waals surface area (Å²) in [6.07, 6.45) is 0. The normalized spacial score (nSPS) is 13.9. The van der Waals surface area contributed by atoms with Gasteiger partial charge < -0.3 is 10.2 Å². The molecule has 0 aromatic heterocycles. The van der Waals surface area contributed by atoms with Crippen molar-refractivity contribution in [2.24, 2.45) is 9.98 Å². The van der Waals surface area contributed by atoms with Gasteiger partial charge in [0.15, 0.2) is 0 Å². The molecule has 6 nitrogen and oxygen atoms in total. The molecule has 0 spiro atoms. The largest absolute Gasteiger partial charge is 2.00 e. The smallest absolute Gasteiger partial charge is 0.858 e. The number of fused-ring (bicyclic) bond motifs is 2. The summed E-state index contributed by atoms with van der Waals surface area (Å²) in [6.45, 7) is 0. The summed E-state index contributed by atoms with van der Waals surface area (Å²) in [5, 5.41) is 21.8. The second-order valence-electron chi connectivity index (χ2n) is 4.54. The molecule has 4 rings (SSSR count). The minimum absolute atomic E-state index is 0. The Labute approximate surface area is 144 Å². The van der Waals surface area contributed by atoms with Crippen molar-refractivity contribution in [2.75, 3.05) is 0 Å². The van der Waals surface area contributed by atoms with Gasteiger partial charge in [0.05, 0.1) is 0 Å². The molecule has 2 aromatic rings. The van der Waals surface area contributed by atoms with Gasteiger partial charge in [0.1, 0.15) is 0 Å². The summed E-state index contributed by atoms with van der Waals surface area (Å²) in [7, 11) is 0. The van der Waals surface area contributed by atoms with Crippen LogP contribution >= 0.6 is 0 Å². The maximum atomic E-state index is 10.9. The molecule has 2 heterocycles. The van der Waals surface area contributed by atoms with Crippen LogP contribution < -0.4 is 10.2 Å². The molecule has 0 unspecified atom stereocenters. The van der Waals surface area contributed by atoms with Crippen LogP contribution in [0.2, 0.25) is 0 Å². The Morgan fingerprint density at radius 2 is 0.913 bits per heavy atom. The predicted molar refractivity (Wildman–Crippen MR) is 74.6 cm³/mol. The molecule has 0 atom stereocenters. The molecular weight excluding hydrogens is 391 g/mol. The average Bonchev–Trinajstić information content (AvgIpc) is 2.99. The van der Waals surface area contributed by atoms with Crippen LogP contribution in [-0.4, -0.2) is 23.6 Å². The molecule has 0 saturated heterocycles. The van der Waals surface area contributed by atoms with E-state index in [4.69, 9.17) is 0 Å². The van der Waals surface area contributed by atoms with Gasteiger partial charge >= 0.3 is 20.4 Å². The molecule has 2 amide bonds. The number of aliphatic imine (C=N–C) groups is 2. The van der Waals surface area contributed by atoms with Crippen LogP contribution in [0.5, 0.6) is 0 Å². The van der Waals surface area contributed by atoms with E-state index in [0.717, 1.165) is 0 Å². The van der Waals surface area contributed by atoms with Crippen LogP contribution in [0, 0.1) is 0 Å². The third-order valence-electron chi connectivity index (χ3n) is 3.18. The number of rotatable bonds is 0. The maximum absolute atomic E-state index is 10.9. The molecule has 0 radical (unpaired) electrons. The van der Waals surface area contributed by atoms with Gasteiger partial charge in [-0.1, -0.05) is 36.4 Å². The first kappa shape index (κ1) is 16.7. The van der Waals surface area contributed by atoms with E-state index < -0.39 is 23.6 Å². The van der Waals surface area contributed by atoms with Crippen LogP contribution in [0.3, 0.4) is 0 Å². The predicted octanol–water partition coefficient (Wildman–Crippen LogP) is -0.108. The molecule has 0 fully saturated rings. The summed E-state index contributed by atoms with van der Waals surface area (Å²) in [5.41, 5.74) is 1.66. The maximum Gasteiger partial charge on any atom is 2.00 e. The van der Waals surface area contributed by atoms with Crippen LogP contribution in [-0.2, 0) is 20.4 Å². The van der Waals surface area contributed by atoms with E-state index in [1.54, 1.807) is 48.5 Å². The molecule has 7 heteroatoms. The fourth-order valence-electron chi connectivity index (χ4n) is 2.14. The molecule has 2 aliphatic rings. The van der Waals surface area contributed by atoms with Gasteiger partial charge in [0.2, 0.25) is 0 Å². The van der Waals surface area contributed by atoms with Crippen molar-refractivity contribution < 1.29 is 40.2 Å². The molecule has 0 bridgehead atoms. The number of hydrogen-bond donors (Lipinski definition) is 0. The van der Waals surface area contributed by atoms with Gasteiger partial charge in [0.25, 0.3) is 11.8 Å². The summed E-state index contributed by atoms with van der Waals surface area (Å²) in [5.74, 6) is -1.70. The van der Waals surface area contributed by atoms with Crippen LogP contribution in [0.25, 0.3) is 0 Å². The molecule has 2 aromatic carbocycles. The van der Waals surface area contributed by atoms with E-state index >= 15 is 0 Å². The summed E-state index contributed by atoms with van der Waals surface area (Å²) >= 11 is 0. The fourth-order valence-corrected chi connectivity index (χ4v) is 2.14. The Hall–Kier alpha value is -2.62. The van der Waals surface area contributed by atoms with E-state index in [-0.39, 0.29) is 20.4 Å². The Balaban J connectivity index is 0.000000160. The van der Waals surface area contributed by atoms with Crippen molar-refractivity contribution >= 4 is 23.6 Å². The fraction of sp³-hybridized carbons (Fsp3) is 0. The van der Waals surface area contributed by atoms with E-state index in [0.29, 0.717) is 22.3 Å². The first-order valence-electron chi connectivity index (χ1n) is 6.37. The number of amides is 2. The summed E-state index contributed by atoms with van der Waals surface area (Å²) in [6, 6.07) is 13.3. The average molecular weight is 399 g/mol. The van der Waals surface area contributed by atoms with Crippen molar-refractivity contribution in [2.45, 2.75) is 0 Å². The van der Waals surface area contributed by atoms with Gasteiger partial charge in [-0.3, -0.25) is 9.59 Å². The number of carbonyl (C=O) groups is 2. The summed E-state index contributed by atoms with van der Waals surface area (Å²) < 4.78 is 0. The second kappa shape index (κ2) is 6.65. The second-order valence-corrected chi connectivity index (χ2v) is 4.54. The van der Waals surface area contributed by atoms with Crippen LogP contribution in [0.15, 0.2) is 58.5 Å². The van der Waals surface area contributed by atoms with Gasteiger partial charge in [0, 0.05) is 11.1 Å². The number of carbonyl (C=O) groups excluding carboxylic acids is 2. The van der Waals surface area contributed by atoms with Gasteiger partial charge in [-0.15, -0.1) is 0 Å². The zero-order valence-corrected chi connectivity index (χ0v) is 13.0. The molecule has 116 valence electrons. The quantitative estimate of drug-likeness (QED) is 0.577. The first-order chi connectivity index (χ1) is 10.6. The Kier molecular flexibility index (Phi) is 4.84. The van der Waals surface area contributed by atoms with Crippen molar-refractivity contribution in [3.63, 3.8) is 0 Å². The van der Waals surface area contributed by atoms with E-state index in [1.165, 1.54) is 0 Å². The third-order valence-corrected chi connectivity index (χ3v) is 3.18. The Morgan fingerprint density at radius 1 is 0.609 bits per heavy atom.